The zero-order valence-electron chi connectivity index (χ0n) is 12.6. The molecule has 0 aliphatic carbocycles. The third-order valence-electron chi connectivity index (χ3n) is 3.72. The summed E-state index contributed by atoms with van der Waals surface area (Å²) in [5.74, 6) is 0.743. The van der Waals surface area contributed by atoms with E-state index in [1.165, 1.54) is 6.26 Å². The maximum atomic E-state index is 11.7. The standard InChI is InChI=1S/C15H23N3O3.ClH/c19-14(4-3-12-5-7-16-8-6-12)17-9-10-18-15(20)13-2-1-11-21-13;/h1-2,11-12,16H,3-10H2,(H,17,19)(H,18,20);1H. The Labute approximate surface area is 136 Å². The summed E-state index contributed by atoms with van der Waals surface area (Å²) in [7, 11) is 0. The van der Waals surface area contributed by atoms with E-state index in [2.05, 4.69) is 16.0 Å². The normalized spacial score (nSPS) is 14.9. The lowest BCUT2D eigenvalue weighted by atomic mass is 9.93. The highest BCUT2D eigenvalue weighted by Gasteiger charge is 2.14. The summed E-state index contributed by atoms with van der Waals surface area (Å²) in [5.41, 5.74) is 0. The van der Waals surface area contributed by atoms with Crippen molar-refractivity contribution in [3.8, 4) is 0 Å². The van der Waals surface area contributed by atoms with Crippen LogP contribution in [0.1, 0.15) is 36.2 Å². The summed E-state index contributed by atoms with van der Waals surface area (Å²) in [6.07, 6.45) is 5.29. The second-order valence-electron chi connectivity index (χ2n) is 5.32. The molecular weight excluding hydrogens is 306 g/mol. The molecule has 1 saturated heterocycles. The minimum Gasteiger partial charge on any atom is -0.459 e. The van der Waals surface area contributed by atoms with E-state index in [1.54, 1.807) is 12.1 Å². The van der Waals surface area contributed by atoms with E-state index in [4.69, 9.17) is 4.42 Å². The number of amides is 2. The molecule has 6 nitrogen and oxygen atoms in total. The number of carbonyl (C=O) groups is 2. The minimum absolute atomic E-state index is 0. The molecule has 1 aromatic heterocycles. The van der Waals surface area contributed by atoms with Crippen molar-refractivity contribution in [2.45, 2.75) is 25.7 Å². The lowest BCUT2D eigenvalue weighted by molar-refractivity contribution is -0.121. The van der Waals surface area contributed by atoms with Crippen molar-refractivity contribution < 1.29 is 14.0 Å². The van der Waals surface area contributed by atoms with Gasteiger partial charge in [-0.05, 0) is 50.4 Å². The molecule has 22 heavy (non-hydrogen) atoms. The predicted molar refractivity (Wildman–Crippen MR) is 86.1 cm³/mol. The van der Waals surface area contributed by atoms with Crippen LogP contribution in [0, 0.1) is 5.92 Å². The molecule has 0 unspecified atom stereocenters. The highest BCUT2D eigenvalue weighted by molar-refractivity contribution is 5.91. The molecule has 1 aliphatic rings. The van der Waals surface area contributed by atoms with Crippen molar-refractivity contribution in [2.24, 2.45) is 5.92 Å². The molecule has 0 radical (unpaired) electrons. The van der Waals surface area contributed by atoms with Crippen molar-refractivity contribution in [2.75, 3.05) is 26.2 Å². The predicted octanol–water partition coefficient (Wildman–Crippen LogP) is 1.33. The molecule has 0 bridgehead atoms. The molecule has 1 aliphatic heterocycles. The minimum atomic E-state index is -0.260. The van der Waals surface area contributed by atoms with Crippen LogP contribution in [0.2, 0.25) is 0 Å². The zero-order valence-corrected chi connectivity index (χ0v) is 13.4. The van der Waals surface area contributed by atoms with Gasteiger partial charge >= 0.3 is 0 Å². The van der Waals surface area contributed by atoms with Gasteiger partial charge in [-0.3, -0.25) is 9.59 Å². The fraction of sp³-hybridized carbons (Fsp3) is 0.600. The number of hydrogen-bond donors (Lipinski definition) is 3. The van der Waals surface area contributed by atoms with Crippen molar-refractivity contribution in [3.05, 3.63) is 24.2 Å². The van der Waals surface area contributed by atoms with Gasteiger partial charge in [0.2, 0.25) is 5.91 Å². The molecule has 2 amide bonds. The van der Waals surface area contributed by atoms with E-state index in [1.807, 2.05) is 0 Å². The number of piperidine rings is 1. The van der Waals surface area contributed by atoms with Crippen molar-refractivity contribution >= 4 is 24.2 Å². The molecule has 0 spiro atoms. The molecule has 2 rings (SSSR count). The number of halogens is 1. The van der Waals surface area contributed by atoms with Gasteiger partial charge in [-0.1, -0.05) is 0 Å². The van der Waals surface area contributed by atoms with E-state index in [0.29, 0.717) is 25.4 Å². The van der Waals surface area contributed by atoms with Gasteiger partial charge in [0.25, 0.3) is 5.91 Å². The molecule has 0 atom stereocenters. The molecule has 1 aromatic rings. The first-order chi connectivity index (χ1) is 10.3. The molecule has 2 heterocycles. The van der Waals surface area contributed by atoms with E-state index < -0.39 is 0 Å². The van der Waals surface area contributed by atoms with Crippen molar-refractivity contribution in [1.29, 1.82) is 0 Å². The Hall–Kier alpha value is -1.53. The summed E-state index contributed by atoms with van der Waals surface area (Å²) < 4.78 is 4.97. The van der Waals surface area contributed by atoms with Gasteiger partial charge in [-0.25, -0.2) is 0 Å². The van der Waals surface area contributed by atoms with Gasteiger partial charge in [0, 0.05) is 19.5 Å². The maximum absolute atomic E-state index is 11.7. The number of nitrogens with one attached hydrogen (secondary N) is 3. The first kappa shape index (κ1) is 18.5. The summed E-state index contributed by atoms with van der Waals surface area (Å²) >= 11 is 0. The van der Waals surface area contributed by atoms with E-state index in [0.717, 1.165) is 32.4 Å². The summed E-state index contributed by atoms with van der Waals surface area (Å²) in [6.45, 7) is 2.96. The fourth-order valence-corrected chi connectivity index (χ4v) is 2.47. The molecule has 0 aromatic carbocycles. The highest BCUT2D eigenvalue weighted by Crippen LogP contribution is 2.17. The average Bonchev–Trinajstić information content (AvgIpc) is 3.05. The molecule has 0 saturated carbocycles. The van der Waals surface area contributed by atoms with Crippen molar-refractivity contribution in [3.63, 3.8) is 0 Å². The molecule has 3 N–H and O–H groups in total. The first-order valence-electron chi connectivity index (χ1n) is 7.55. The van der Waals surface area contributed by atoms with E-state index in [9.17, 15) is 9.59 Å². The van der Waals surface area contributed by atoms with Crippen LogP contribution >= 0.6 is 12.4 Å². The van der Waals surface area contributed by atoms with Gasteiger partial charge in [-0.2, -0.15) is 0 Å². The van der Waals surface area contributed by atoms with Gasteiger partial charge in [0.1, 0.15) is 0 Å². The first-order valence-corrected chi connectivity index (χ1v) is 7.55. The number of furan rings is 1. The Kier molecular flexibility index (Phi) is 8.62. The van der Waals surface area contributed by atoms with Crippen LogP contribution in [0.3, 0.4) is 0 Å². The van der Waals surface area contributed by atoms with Crippen LogP contribution in [0.4, 0.5) is 0 Å². The number of hydrogen-bond acceptors (Lipinski definition) is 4. The Morgan fingerprint density at radius 1 is 1.23 bits per heavy atom. The smallest absolute Gasteiger partial charge is 0.287 e. The Morgan fingerprint density at radius 2 is 1.95 bits per heavy atom. The van der Waals surface area contributed by atoms with Crippen LogP contribution < -0.4 is 16.0 Å². The van der Waals surface area contributed by atoms with E-state index in [-0.39, 0.29) is 30.0 Å². The van der Waals surface area contributed by atoms with Crippen LogP contribution in [-0.4, -0.2) is 38.0 Å². The van der Waals surface area contributed by atoms with Gasteiger partial charge in [0.05, 0.1) is 6.26 Å². The third kappa shape index (κ3) is 6.49. The molecule has 124 valence electrons. The second kappa shape index (κ2) is 10.2. The summed E-state index contributed by atoms with van der Waals surface area (Å²) in [4.78, 5) is 23.3. The lowest BCUT2D eigenvalue weighted by Gasteiger charge is -2.22. The van der Waals surface area contributed by atoms with Crippen LogP contribution in [0.15, 0.2) is 22.8 Å². The highest BCUT2D eigenvalue weighted by atomic mass is 35.5. The Balaban J connectivity index is 0.00000242. The zero-order chi connectivity index (χ0) is 14.9. The van der Waals surface area contributed by atoms with E-state index >= 15 is 0 Å². The number of carbonyl (C=O) groups excluding carboxylic acids is 2. The lowest BCUT2D eigenvalue weighted by Crippen LogP contribution is -2.35. The molecular formula is C15H24ClN3O3. The second-order valence-corrected chi connectivity index (χ2v) is 5.32. The maximum Gasteiger partial charge on any atom is 0.287 e. The summed E-state index contributed by atoms with van der Waals surface area (Å²) in [5, 5.41) is 8.83. The van der Waals surface area contributed by atoms with Crippen LogP contribution in [-0.2, 0) is 4.79 Å². The Bertz CT molecular complexity index is 445. The van der Waals surface area contributed by atoms with Gasteiger partial charge in [0.15, 0.2) is 5.76 Å². The molecule has 7 heteroatoms. The average molecular weight is 330 g/mol. The van der Waals surface area contributed by atoms with Gasteiger partial charge < -0.3 is 20.4 Å². The van der Waals surface area contributed by atoms with Crippen LogP contribution in [0.25, 0.3) is 0 Å². The Morgan fingerprint density at radius 3 is 2.64 bits per heavy atom. The van der Waals surface area contributed by atoms with Gasteiger partial charge in [-0.15, -0.1) is 12.4 Å². The number of rotatable bonds is 7. The third-order valence-corrected chi connectivity index (χ3v) is 3.72. The fourth-order valence-electron chi connectivity index (χ4n) is 2.47. The summed E-state index contributed by atoms with van der Waals surface area (Å²) in [6, 6.07) is 3.27. The molecule has 1 fully saturated rings. The topological polar surface area (TPSA) is 83.4 Å². The largest absolute Gasteiger partial charge is 0.459 e. The van der Waals surface area contributed by atoms with Crippen molar-refractivity contribution in [1.82, 2.24) is 16.0 Å². The van der Waals surface area contributed by atoms with Crippen LogP contribution in [0.5, 0.6) is 0 Å². The quantitative estimate of drug-likeness (QED) is 0.659. The monoisotopic (exact) mass is 329 g/mol. The SMILES string of the molecule is Cl.O=C(CCC1CCNCC1)NCCNC(=O)c1ccco1.